The van der Waals surface area contributed by atoms with Crippen molar-refractivity contribution < 1.29 is 22.9 Å². The van der Waals surface area contributed by atoms with Crippen molar-refractivity contribution in [2.45, 2.75) is 0 Å². The number of nitrogens with one attached hydrogen (secondary N) is 1. The number of carboxylic acid groups (broad SMARTS) is 1. The van der Waals surface area contributed by atoms with Gasteiger partial charge in [0.2, 0.25) is 0 Å². The predicted octanol–water partition coefficient (Wildman–Crippen LogP) is -1.45. The first-order valence-corrected chi connectivity index (χ1v) is 4.40. The lowest BCUT2D eigenvalue weighted by molar-refractivity contribution is -0.135. The molecule has 0 aliphatic carbocycles. The van der Waals surface area contributed by atoms with Gasteiger partial charge in [0.1, 0.15) is 0 Å². The number of aliphatic carboxylic acids is 1. The third-order valence-electron chi connectivity index (χ3n) is 0.813. The zero-order valence-corrected chi connectivity index (χ0v) is 6.47. The lowest BCUT2D eigenvalue weighted by atomic mass is 10.6. The molecule has 0 aromatic heterocycles. The number of carboxylic acids is 1. The molecule has 0 amide bonds. The summed E-state index contributed by atoms with van der Waals surface area (Å²) in [5.41, 5.74) is 0. The van der Waals surface area contributed by atoms with Gasteiger partial charge < -0.3 is 10.4 Å². The third-order valence-corrected chi connectivity index (χ3v) is 1.53. The Kier molecular flexibility index (Phi) is 4.01. The van der Waals surface area contributed by atoms with E-state index >= 15 is 0 Å². The quantitative estimate of drug-likeness (QED) is 0.356. The minimum absolute atomic E-state index is 0.0644. The molecule has 6 nitrogen and oxygen atoms in total. The molecule has 0 aliphatic rings. The molecular formula is C4H9NO5S. The molecule has 0 unspecified atom stereocenters. The molecule has 0 atom stereocenters. The molecular weight excluding hydrogens is 174 g/mol. The lowest BCUT2D eigenvalue weighted by Gasteiger charge is -1.97. The van der Waals surface area contributed by atoms with E-state index in [1.807, 2.05) is 0 Å². The lowest BCUT2D eigenvalue weighted by Crippen LogP contribution is -2.27. The van der Waals surface area contributed by atoms with E-state index in [4.69, 9.17) is 9.66 Å². The maximum atomic E-state index is 10.0. The fraction of sp³-hybridized carbons (Fsp3) is 0.750. The zero-order chi connectivity index (χ0) is 8.91. The fourth-order valence-electron chi connectivity index (χ4n) is 0.396. The molecule has 11 heavy (non-hydrogen) atoms. The van der Waals surface area contributed by atoms with E-state index in [2.05, 4.69) is 5.32 Å². The summed E-state index contributed by atoms with van der Waals surface area (Å²) in [5, 5.41) is 10.4. The Morgan fingerprint density at radius 3 is 2.36 bits per heavy atom. The van der Waals surface area contributed by atoms with Crippen molar-refractivity contribution in [2.75, 3.05) is 18.8 Å². The number of carbonyl (C=O) groups is 1. The average Bonchev–Trinajstić information content (AvgIpc) is 1.78. The van der Waals surface area contributed by atoms with Crippen molar-refractivity contribution in [1.29, 1.82) is 0 Å². The highest BCUT2D eigenvalue weighted by Gasteiger charge is 2.03. The van der Waals surface area contributed by atoms with Crippen LogP contribution in [0, 0.1) is 0 Å². The van der Waals surface area contributed by atoms with Gasteiger partial charge in [-0.05, 0) is 0 Å². The largest absolute Gasteiger partial charge is 0.480 e. The molecule has 0 bridgehead atoms. The summed E-state index contributed by atoms with van der Waals surface area (Å²) in [6.45, 7) is -0.374. The van der Waals surface area contributed by atoms with E-state index in [0.29, 0.717) is 0 Å². The molecule has 0 spiro atoms. The summed E-state index contributed by atoms with van der Waals surface area (Å²) < 4.78 is 28.3. The van der Waals surface area contributed by atoms with Crippen LogP contribution in [0.3, 0.4) is 0 Å². The highest BCUT2D eigenvalue weighted by Crippen LogP contribution is 1.77. The van der Waals surface area contributed by atoms with E-state index in [-0.39, 0.29) is 13.1 Å². The number of hydrogen-bond acceptors (Lipinski definition) is 4. The molecule has 0 aromatic carbocycles. The van der Waals surface area contributed by atoms with Crippen LogP contribution in [-0.2, 0) is 14.9 Å². The molecule has 0 radical (unpaired) electrons. The molecule has 0 heterocycles. The van der Waals surface area contributed by atoms with Crippen molar-refractivity contribution in [3.8, 4) is 0 Å². The smallest absolute Gasteiger partial charge is 0.317 e. The van der Waals surface area contributed by atoms with Gasteiger partial charge >= 0.3 is 5.97 Å². The number of hydrogen-bond donors (Lipinski definition) is 3. The Bertz CT molecular complexity index is 221. The Morgan fingerprint density at radius 2 is 2.00 bits per heavy atom. The van der Waals surface area contributed by atoms with Crippen LogP contribution < -0.4 is 5.32 Å². The van der Waals surface area contributed by atoms with Crippen molar-refractivity contribution >= 4 is 16.1 Å². The van der Waals surface area contributed by atoms with E-state index in [1.54, 1.807) is 0 Å². The molecule has 0 saturated heterocycles. The zero-order valence-electron chi connectivity index (χ0n) is 5.65. The second kappa shape index (κ2) is 4.27. The second-order valence-electron chi connectivity index (χ2n) is 1.86. The van der Waals surface area contributed by atoms with Crippen LogP contribution in [0.15, 0.2) is 0 Å². The summed E-state index contributed by atoms with van der Waals surface area (Å²) in [4.78, 5) is 9.85. The van der Waals surface area contributed by atoms with Crippen LogP contribution in [0.5, 0.6) is 0 Å². The third kappa shape index (κ3) is 9.34. The van der Waals surface area contributed by atoms with Crippen molar-refractivity contribution in [3.05, 3.63) is 0 Å². The summed E-state index contributed by atoms with van der Waals surface area (Å²) in [7, 11) is -3.98. The van der Waals surface area contributed by atoms with Crippen LogP contribution in [0.1, 0.15) is 0 Å². The summed E-state index contributed by atoms with van der Waals surface area (Å²) in [6.07, 6.45) is 0. The van der Waals surface area contributed by atoms with Gasteiger partial charge in [0.05, 0.1) is 12.3 Å². The molecule has 0 fully saturated rings. The van der Waals surface area contributed by atoms with Crippen molar-refractivity contribution in [1.82, 2.24) is 5.32 Å². The number of rotatable bonds is 5. The minimum Gasteiger partial charge on any atom is -0.480 e. The monoisotopic (exact) mass is 183 g/mol. The predicted molar refractivity (Wildman–Crippen MR) is 36.9 cm³/mol. The molecule has 0 aromatic rings. The minimum atomic E-state index is -3.98. The van der Waals surface area contributed by atoms with Crippen LogP contribution in [0.4, 0.5) is 0 Å². The van der Waals surface area contributed by atoms with Crippen LogP contribution >= 0.6 is 0 Å². The summed E-state index contributed by atoms with van der Waals surface area (Å²) >= 11 is 0. The maximum absolute atomic E-state index is 10.0. The maximum Gasteiger partial charge on any atom is 0.317 e. The molecule has 66 valence electrons. The second-order valence-corrected chi connectivity index (χ2v) is 3.43. The highest BCUT2D eigenvalue weighted by molar-refractivity contribution is 7.85. The van der Waals surface area contributed by atoms with Gasteiger partial charge in [0.25, 0.3) is 10.1 Å². The first-order chi connectivity index (χ1) is 4.92. The van der Waals surface area contributed by atoms with Gasteiger partial charge in [-0.3, -0.25) is 9.35 Å². The van der Waals surface area contributed by atoms with E-state index in [0.717, 1.165) is 0 Å². The summed E-state index contributed by atoms with van der Waals surface area (Å²) in [5.74, 6) is -1.54. The SMILES string of the molecule is O=C(O)CNCCS(=O)(=O)O. The normalized spacial score (nSPS) is 11.4. The molecule has 0 rings (SSSR count). The van der Waals surface area contributed by atoms with Crippen molar-refractivity contribution in [2.24, 2.45) is 0 Å². The molecule has 7 heteroatoms. The summed E-state index contributed by atoms with van der Waals surface area (Å²) in [6, 6.07) is 0. The first-order valence-electron chi connectivity index (χ1n) is 2.79. The van der Waals surface area contributed by atoms with Gasteiger partial charge in [-0.25, -0.2) is 0 Å². The van der Waals surface area contributed by atoms with Crippen LogP contribution in [0.25, 0.3) is 0 Å². The van der Waals surface area contributed by atoms with Crippen LogP contribution in [0.2, 0.25) is 0 Å². The standard InChI is InChI=1S/C4H9NO5S/c6-4(7)3-5-1-2-11(8,9)10/h5H,1-3H2,(H,6,7)(H,8,9,10). The molecule has 0 saturated carbocycles. The highest BCUT2D eigenvalue weighted by atomic mass is 32.2. The van der Waals surface area contributed by atoms with E-state index < -0.39 is 21.8 Å². The topological polar surface area (TPSA) is 104 Å². The average molecular weight is 183 g/mol. The van der Waals surface area contributed by atoms with Gasteiger partial charge in [-0.2, -0.15) is 8.42 Å². The van der Waals surface area contributed by atoms with Crippen LogP contribution in [-0.4, -0.2) is 42.9 Å². The van der Waals surface area contributed by atoms with Crippen molar-refractivity contribution in [3.63, 3.8) is 0 Å². The Morgan fingerprint density at radius 1 is 1.45 bits per heavy atom. The molecule has 3 N–H and O–H groups in total. The fourth-order valence-corrected chi connectivity index (χ4v) is 0.799. The first kappa shape index (κ1) is 10.3. The van der Waals surface area contributed by atoms with Gasteiger partial charge in [0.15, 0.2) is 0 Å². The van der Waals surface area contributed by atoms with E-state index in [1.165, 1.54) is 0 Å². The van der Waals surface area contributed by atoms with Gasteiger partial charge in [-0.1, -0.05) is 0 Å². The molecule has 0 aliphatic heterocycles. The van der Waals surface area contributed by atoms with E-state index in [9.17, 15) is 13.2 Å². The Balaban J connectivity index is 3.37. The van der Waals surface area contributed by atoms with Gasteiger partial charge in [-0.15, -0.1) is 0 Å². The Hall–Kier alpha value is -0.660. The van der Waals surface area contributed by atoms with Gasteiger partial charge in [0, 0.05) is 6.54 Å². The Labute approximate surface area is 64.0 Å².